The van der Waals surface area contributed by atoms with Gasteiger partial charge >= 0.3 is 0 Å². The number of fused-ring (bicyclic) bond motifs is 5. The number of rotatable bonds is 5. The average Bonchev–Trinajstić information content (AvgIpc) is 2.94. The van der Waals surface area contributed by atoms with E-state index in [0.717, 1.165) is 64.2 Å². The minimum absolute atomic E-state index is 0.0704. The Morgan fingerprint density at radius 2 is 1.55 bits per heavy atom. The second-order valence-corrected chi connectivity index (χ2v) is 13.2. The maximum Gasteiger partial charge on any atom is 0.0677 e. The van der Waals surface area contributed by atoms with Crippen molar-refractivity contribution in [2.24, 2.45) is 46.3 Å². The van der Waals surface area contributed by atoms with E-state index in [4.69, 9.17) is 0 Å². The number of aliphatic hydroxyl groups is 4. The lowest BCUT2D eigenvalue weighted by Gasteiger charge is -2.62. The van der Waals surface area contributed by atoms with Crippen LogP contribution in [0.2, 0.25) is 0 Å². The maximum absolute atomic E-state index is 11.6. The quantitative estimate of drug-likeness (QED) is 0.511. The second-order valence-electron chi connectivity index (χ2n) is 13.2. The fraction of sp³-hybridized carbons (Fsp3) is 1.00. The van der Waals surface area contributed by atoms with Gasteiger partial charge in [0.25, 0.3) is 0 Å². The van der Waals surface area contributed by atoms with Crippen LogP contribution >= 0.6 is 0 Å². The van der Waals surface area contributed by atoms with Crippen molar-refractivity contribution in [2.75, 3.05) is 0 Å². The molecule has 0 radical (unpaired) electrons. The largest absolute Gasteiger partial charge is 0.393 e. The molecule has 31 heavy (non-hydrogen) atoms. The van der Waals surface area contributed by atoms with Crippen LogP contribution in [-0.2, 0) is 0 Å². The van der Waals surface area contributed by atoms with Gasteiger partial charge in [-0.2, -0.15) is 0 Å². The van der Waals surface area contributed by atoms with E-state index in [2.05, 4.69) is 27.7 Å². The highest BCUT2D eigenvalue weighted by atomic mass is 16.3. The molecule has 4 aliphatic rings. The second kappa shape index (κ2) is 8.25. The van der Waals surface area contributed by atoms with Gasteiger partial charge in [0.2, 0.25) is 0 Å². The summed E-state index contributed by atoms with van der Waals surface area (Å²) in [5.41, 5.74) is -0.829. The lowest BCUT2D eigenvalue weighted by atomic mass is 9.43. The summed E-state index contributed by atoms with van der Waals surface area (Å²) in [6, 6.07) is 0. The van der Waals surface area contributed by atoms with Crippen molar-refractivity contribution in [2.45, 2.75) is 123 Å². The van der Waals surface area contributed by atoms with Crippen LogP contribution in [0.5, 0.6) is 0 Å². The predicted molar refractivity (Wildman–Crippen MR) is 123 cm³/mol. The van der Waals surface area contributed by atoms with E-state index in [-0.39, 0.29) is 34.9 Å². The molecule has 4 aliphatic carbocycles. The molecule has 0 aromatic heterocycles. The lowest BCUT2D eigenvalue weighted by molar-refractivity contribution is -0.181. The van der Waals surface area contributed by atoms with Crippen LogP contribution in [0.25, 0.3) is 0 Å². The predicted octanol–water partition coefficient (Wildman–Crippen LogP) is 4.53. The molecule has 4 unspecified atom stereocenters. The van der Waals surface area contributed by atoms with E-state index in [1.54, 1.807) is 0 Å². The van der Waals surface area contributed by atoms with Gasteiger partial charge in [0.1, 0.15) is 0 Å². The topological polar surface area (TPSA) is 80.9 Å². The van der Waals surface area contributed by atoms with Crippen LogP contribution in [0.15, 0.2) is 0 Å². The van der Waals surface area contributed by atoms with Crippen molar-refractivity contribution in [3.05, 3.63) is 0 Å². The summed E-state index contributed by atoms with van der Waals surface area (Å²) in [4.78, 5) is 0. The van der Waals surface area contributed by atoms with E-state index in [1.165, 1.54) is 0 Å². The highest BCUT2D eigenvalue weighted by molar-refractivity contribution is 5.15. The first kappa shape index (κ1) is 24.0. The molecule has 4 fully saturated rings. The van der Waals surface area contributed by atoms with Gasteiger partial charge < -0.3 is 20.4 Å². The molecule has 4 nitrogen and oxygen atoms in total. The minimum Gasteiger partial charge on any atom is -0.393 e. The molecular formula is C27H48O4. The van der Waals surface area contributed by atoms with Crippen LogP contribution in [0, 0.1) is 46.3 Å². The number of hydrogen-bond donors (Lipinski definition) is 4. The molecule has 4 saturated carbocycles. The molecule has 0 aliphatic heterocycles. The molecule has 0 bridgehead atoms. The number of hydrogen-bond acceptors (Lipinski definition) is 4. The third-order valence-electron chi connectivity index (χ3n) is 10.8. The van der Waals surface area contributed by atoms with Gasteiger partial charge in [-0.3, -0.25) is 0 Å². The Kier molecular flexibility index (Phi) is 6.38. The van der Waals surface area contributed by atoms with Crippen molar-refractivity contribution in [1.29, 1.82) is 0 Å². The summed E-state index contributed by atoms with van der Waals surface area (Å²) in [5.74, 6) is 2.08. The first-order valence-electron chi connectivity index (χ1n) is 13.2. The first-order chi connectivity index (χ1) is 14.4. The Morgan fingerprint density at radius 1 is 0.871 bits per heavy atom. The zero-order valence-electron chi connectivity index (χ0n) is 20.6. The summed E-state index contributed by atoms with van der Waals surface area (Å²) in [7, 11) is 0. The van der Waals surface area contributed by atoms with Gasteiger partial charge in [-0.05, 0) is 98.7 Å². The van der Waals surface area contributed by atoms with E-state index in [0.29, 0.717) is 23.7 Å². The smallest absolute Gasteiger partial charge is 0.0677 e. The fourth-order valence-corrected chi connectivity index (χ4v) is 9.44. The van der Waals surface area contributed by atoms with E-state index in [9.17, 15) is 20.4 Å². The summed E-state index contributed by atoms with van der Waals surface area (Å²) in [6.07, 6.45) is 8.11. The van der Waals surface area contributed by atoms with E-state index in [1.807, 2.05) is 6.92 Å². The molecule has 180 valence electrons. The van der Waals surface area contributed by atoms with E-state index < -0.39 is 11.7 Å². The van der Waals surface area contributed by atoms with Crippen molar-refractivity contribution in [1.82, 2.24) is 0 Å². The van der Waals surface area contributed by atoms with Crippen LogP contribution in [-0.4, -0.2) is 44.3 Å². The average molecular weight is 437 g/mol. The monoisotopic (exact) mass is 436 g/mol. The highest BCUT2D eigenvalue weighted by Crippen LogP contribution is 2.68. The van der Waals surface area contributed by atoms with Crippen LogP contribution < -0.4 is 0 Å². The zero-order chi connectivity index (χ0) is 22.8. The molecule has 4 heteroatoms. The summed E-state index contributed by atoms with van der Waals surface area (Å²) in [6.45, 7) is 11.1. The zero-order valence-corrected chi connectivity index (χ0v) is 20.6. The van der Waals surface area contributed by atoms with Gasteiger partial charge in [0.15, 0.2) is 0 Å². The minimum atomic E-state index is -0.848. The molecule has 11 atom stereocenters. The summed E-state index contributed by atoms with van der Waals surface area (Å²) in [5, 5.41) is 44.3. The molecule has 0 aromatic carbocycles. The SMILES string of the molecule is CC(C)CCC[C@](C)(O)[C@H]1C(O)C[C@H]2[C@@H]3CC(O)C4CC(O)CC[C@]4(C)[C@H]3CC[C@@]21C. The Balaban J connectivity index is 1.57. The Bertz CT molecular complexity index is 647. The Labute approximate surface area is 189 Å². The van der Waals surface area contributed by atoms with Gasteiger partial charge in [-0.25, -0.2) is 0 Å². The van der Waals surface area contributed by atoms with Crippen molar-refractivity contribution < 1.29 is 20.4 Å². The van der Waals surface area contributed by atoms with Gasteiger partial charge in [-0.15, -0.1) is 0 Å². The lowest BCUT2D eigenvalue weighted by Crippen LogP contribution is -2.59. The van der Waals surface area contributed by atoms with Crippen molar-refractivity contribution in [3.8, 4) is 0 Å². The van der Waals surface area contributed by atoms with Crippen molar-refractivity contribution >= 4 is 0 Å². The third-order valence-corrected chi connectivity index (χ3v) is 10.8. The van der Waals surface area contributed by atoms with Crippen LogP contribution in [0.3, 0.4) is 0 Å². The molecule has 4 rings (SSSR count). The van der Waals surface area contributed by atoms with Crippen LogP contribution in [0.4, 0.5) is 0 Å². The molecular weight excluding hydrogens is 388 g/mol. The van der Waals surface area contributed by atoms with E-state index >= 15 is 0 Å². The summed E-state index contributed by atoms with van der Waals surface area (Å²) < 4.78 is 0. The molecule has 0 saturated heterocycles. The van der Waals surface area contributed by atoms with Crippen LogP contribution in [0.1, 0.15) is 98.8 Å². The maximum atomic E-state index is 11.6. The third kappa shape index (κ3) is 3.92. The van der Waals surface area contributed by atoms with Gasteiger partial charge in [0, 0.05) is 5.92 Å². The molecule has 0 spiro atoms. The Hall–Kier alpha value is -0.160. The highest BCUT2D eigenvalue weighted by Gasteiger charge is 2.65. The van der Waals surface area contributed by atoms with Crippen molar-refractivity contribution in [3.63, 3.8) is 0 Å². The van der Waals surface area contributed by atoms with Gasteiger partial charge in [-0.1, -0.05) is 40.5 Å². The molecule has 4 N–H and O–H groups in total. The Morgan fingerprint density at radius 3 is 2.23 bits per heavy atom. The molecule has 0 aromatic rings. The first-order valence-corrected chi connectivity index (χ1v) is 13.2. The molecule has 0 heterocycles. The number of aliphatic hydroxyl groups excluding tert-OH is 3. The standard InChI is InChI=1S/C27H48O4/c1-16(2)7-6-10-27(5,31)24-23(30)15-20-18-14-22(29)21-13-17(28)8-11-25(21,3)19(18)9-12-26(20,24)4/h16-24,28-31H,6-15H2,1-5H3/t17?,18-,19+,20+,21?,22?,23?,24+,25-,26+,27+/m1/s1. The normalized spacial score (nSPS) is 51.7. The molecule has 0 amide bonds. The summed E-state index contributed by atoms with van der Waals surface area (Å²) >= 11 is 0. The van der Waals surface area contributed by atoms with Gasteiger partial charge in [0.05, 0.1) is 23.9 Å². The fourth-order valence-electron chi connectivity index (χ4n) is 9.44.